The highest BCUT2D eigenvalue weighted by Gasteiger charge is 1.98. The molecule has 0 saturated heterocycles. The maximum Gasteiger partial charge on any atom is 0.315 e. The smallest absolute Gasteiger partial charge is 0.315 e. The summed E-state index contributed by atoms with van der Waals surface area (Å²) in [7, 11) is 0. The van der Waals surface area contributed by atoms with E-state index in [1.807, 2.05) is 13.8 Å². The Hall–Kier alpha value is -1.17. The molecule has 0 aromatic rings. The van der Waals surface area contributed by atoms with E-state index in [0.29, 0.717) is 13.0 Å². The molecule has 3 heteroatoms. The molecule has 0 aliphatic rings. The zero-order chi connectivity index (χ0) is 8.69. The summed E-state index contributed by atoms with van der Waals surface area (Å²) in [5, 5.41) is 5.31. The van der Waals surface area contributed by atoms with Crippen LogP contribution in [0, 0.1) is 12.3 Å². The normalized spacial score (nSPS) is 8.91. The molecule has 0 aliphatic carbocycles. The predicted octanol–water partition coefficient (Wildman–Crippen LogP) is 0.717. The van der Waals surface area contributed by atoms with Gasteiger partial charge in [-0.1, -0.05) is 0 Å². The first-order valence-corrected chi connectivity index (χ1v) is 3.64. The number of urea groups is 1. The number of terminal acetylenes is 1. The van der Waals surface area contributed by atoms with Crippen LogP contribution in [0.25, 0.3) is 0 Å². The van der Waals surface area contributed by atoms with Gasteiger partial charge < -0.3 is 10.6 Å². The summed E-state index contributed by atoms with van der Waals surface area (Å²) in [6, 6.07) is 0.0103. The minimum atomic E-state index is -0.157. The third-order valence-corrected chi connectivity index (χ3v) is 0.975. The fourth-order valence-electron chi connectivity index (χ4n) is 0.561. The van der Waals surface area contributed by atoms with Crippen LogP contribution in [0.5, 0.6) is 0 Å². The van der Waals surface area contributed by atoms with Crippen molar-refractivity contribution in [1.82, 2.24) is 10.6 Å². The van der Waals surface area contributed by atoms with Gasteiger partial charge in [-0.15, -0.1) is 12.3 Å². The lowest BCUT2D eigenvalue weighted by Gasteiger charge is -2.08. The van der Waals surface area contributed by atoms with Crippen molar-refractivity contribution < 1.29 is 4.79 Å². The van der Waals surface area contributed by atoms with Crippen LogP contribution < -0.4 is 10.6 Å². The van der Waals surface area contributed by atoms with Crippen molar-refractivity contribution in [2.75, 3.05) is 6.54 Å². The molecule has 0 bridgehead atoms. The van der Waals surface area contributed by atoms with E-state index in [2.05, 4.69) is 16.6 Å². The SMILES string of the molecule is C#CCCNC(=O)NC(C)C. The summed E-state index contributed by atoms with van der Waals surface area (Å²) in [6.07, 6.45) is 5.57. The molecule has 0 radical (unpaired) electrons. The molecule has 2 amide bonds. The van der Waals surface area contributed by atoms with Crippen molar-refractivity contribution in [2.45, 2.75) is 26.3 Å². The highest BCUT2D eigenvalue weighted by atomic mass is 16.2. The fraction of sp³-hybridized carbons (Fsp3) is 0.625. The van der Waals surface area contributed by atoms with E-state index in [-0.39, 0.29) is 12.1 Å². The van der Waals surface area contributed by atoms with Crippen molar-refractivity contribution in [2.24, 2.45) is 0 Å². The lowest BCUT2D eigenvalue weighted by Crippen LogP contribution is -2.39. The highest BCUT2D eigenvalue weighted by Crippen LogP contribution is 1.76. The maximum atomic E-state index is 10.8. The van der Waals surface area contributed by atoms with Gasteiger partial charge >= 0.3 is 6.03 Å². The van der Waals surface area contributed by atoms with Crippen molar-refractivity contribution in [3.63, 3.8) is 0 Å². The van der Waals surface area contributed by atoms with Gasteiger partial charge in [0.15, 0.2) is 0 Å². The van der Waals surface area contributed by atoms with Crippen molar-refractivity contribution in [3.8, 4) is 12.3 Å². The van der Waals surface area contributed by atoms with E-state index in [9.17, 15) is 4.79 Å². The van der Waals surface area contributed by atoms with Crippen LogP contribution in [-0.4, -0.2) is 18.6 Å². The average molecular weight is 154 g/mol. The third-order valence-electron chi connectivity index (χ3n) is 0.975. The van der Waals surface area contributed by atoms with Crippen LogP contribution in [-0.2, 0) is 0 Å². The van der Waals surface area contributed by atoms with Gasteiger partial charge in [0.2, 0.25) is 0 Å². The lowest BCUT2D eigenvalue weighted by molar-refractivity contribution is 0.239. The Morgan fingerprint density at radius 3 is 2.73 bits per heavy atom. The molecular weight excluding hydrogens is 140 g/mol. The van der Waals surface area contributed by atoms with Crippen molar-refractivity contribution >= 4 is 6.03 Å². The number of hydrogen-bond donors (Lipinski definition) is 2. The van der Waals surface area contributed by atoms with E-state index < -0.39 is 0 Å². The Bertz CT molecular complexity index is 158. The van der Waals surface area contributed by atoms with Gasteiger partial charge in [0.25, 0.3) is 0 Å². The standard InChI is InChI=1S/C8H14N2O/c1-4-5-6-9-8(11)10-7(2)3/h1,7H,5-6H2,2-3H3,(H2,9,10,11). The van der Waals surface area contributed by atoms with Crippen LogP contribution in [0.15, 0.2) is 0 Å². The van der Waals surface area contributed by atoms with E-state index >= 15 is 0 Å². The molecule has 62 valence electrons. The van der Waals surface area contributed by atoms with Gasteiger partial charge in [-0.25, -0.2) is 4.79 Å². The summed E-state index contributed by atoms with van der Waals surface area (Å²) in [5.41, 5.74) is 0. The molecule has 0 aromatic carbocycles. The molecule has 0 heterocycles. The second-order valence-corrected chi connectivity index (χ2v) is 2.51. The Kier molecular flexibility index (Phi) is 5.01. The van der Waals surface area contributed by atoms with Gasteiger partial charge in [-0.2, -0.15) is 0 Å². The molecule has 0 rings (SSSR count). The van der Waals surface area contributed by atoms with Crippen molar-refractivity contribution in [1.29, 1.82) is 0 Å². The van der Waals surface area contributed by atoms with E-state index in [0.717, 1.165) is 0 Å². The molecule has 0 atom stereocenters. The van der Waals surface area contributed by atoms with Crippen molar-refractivity contribution in [3.05, 3.63) is 0 Å². The molecule has 0 fully saturated rings. The summed E-state index contributed by atoms with van der Waals surface area (Å²) in [6.45, 7) is 4.34. The van der Waals surface area contributed by atoms with Crippen LogP contribution in [0.3, 0.4) is 0 Å². The Labute approximate surface area is 67.6 Å². The number of amides is 2. The molecule has 0 saturated carbocycles. The summed E-state index contributed by atoms with van der Waals surface area (Å²) >= 11 is 0. The predicted molar refractivity (Wildman–Crippen MR) is 45.1 cm³/mol. The molecule has 0 unspecified atom stereocenters. The maximum absolute atomic E-state index is 10.8. The van der Waals surface area contributed by atoms with Gasteiger partial charge in [-0.05, 0) is 13.8 Å². The third kappa shape index (κ3) is 6.72. The number of rotatable bonds is 3. The average Bonchev–Trinajstić information content (AvgIpc) is 1.86. The molecule has 0 spiro atoms. The molecule has 0 aromatic heterocycles. The number of nitrogens with one attached hydrogen (secondary N) is 2. The molecule has 3 nitrogen and oxygen atoms in total. The lowest BCUT2D eigenvalue weighted by atomic mass is 10.4. The van der Waals surface area contributed by atoms with Crippen LogP contribution in [0.4, 0.5) is 4.79 Å². The van der Waals surface area contributed by atoms with E-state index in [1.54, 1.807) is 0 Å². The molecule has 11 heavy (non-hydrogen) atoms. The number of carbonyl (C=O) groups is 1. The fourth-order valence-corrected chi connectivity index (χ4v) is 0.561. The first-order valence-electron chi connectivity index (χ1n) is 3.64. The summed E-state index contributed by atoms with van der Waals surface area (Å²) < 4.78 is 0. The monoisotopic (exact) mass is 154 g/mol. The van der Waals surface area contributed by atoms with Gasteiger partial charge in [0.1, 0.15) is 0 Å². The topological polar surface area (TPSA) is 41.1 Å². The highest BCUT2D eigenvalue weighted by molar-refractivity contribution is 5.74. The molecular formula is C8H14N2O. The Morgan fingerprint density at radius 1 is 1.64 bits per heavy atom. The minimum Gasteiger partial charge on any atom is -0.337 e. The van der Waals surface area contributed by atoms with E-state index in [4.69, 9.17) is 6.42 Å². The van der Waals surface area contributed by atoms with Crippen LogP contribution >= 0.6 is 0 Å². The summed E-state index contributed by atoms with van der Waals surface area (Å²) in [5.74, 6) is 2.43. The van der Waals surface area contributed by atoms with E-state index in [1.165, 1.54) is 0 Å². The molecule has 2 N–H and O–H groups in total. The largest absolute Gasteiger partial charge is 0.337 e. The summed E-state index contributed by atoms with van der Waals surface area (Å²) in [4.78, 5) is 10.8. The van der Waals surface area contributed by atoms with Gasteiger partial charge in [0, 0.05) is 19.0 Å². The first-order chi connectivity index (χ1) is 5.16. The molecule has 0 aliphatic heterocycles. The first kappa shape index (κ1) is 9.83. The Balaban J connectivity index is 3.32. The Morgan fingerprint density at radius 2 is 2.27 bits per heavy atom. The zero-order valence-corrected chi connectivity index (χ0v) is 6.98. The van der Waals surface area contributed by atoms with Crippen LogP contribution in [0.2, 0.25) is 0 Å². The quantitative estimate of drug-likeness (QED) is 0.456. The van der Waals surface area contributed by atoms with Gasteiger partial charge in [-0.3, -0.25) is 0 Å². The zero-order valence-electron chi connectivity index (χ0n) is 6.98. The number of carbonyl (C=O) groups excluding carboxylic acids is 1. The second-order valence-electron chi connectivity index (χ2n) is 2.51. The second kappa shape index (κ2) is 5.60. The van der Waals surface area contributed by atoms with Crippen LogP contribution in [0.1, 0.15) is 20.3 Å². The number of hydrogen-bond acceptors (Lipinski definition) is 1. The van der Waals surface area contributed by atoms with Gasteiger partial charge in [0.05, 0.1) is 0 Å². The minimum absolute atomic E-state index is 0.157.